The summed E-state index contributed by atoms with van der Waals surface area (Å²) >= 11 is 0. The first-order chi connectivity index (χ1) is 10.1. The smallest absolute Gasteiger partial charge is 0.254 e. The summed E-state index contributed by atoms with van der Waals surface area (Å²) in [6, 6.07) is 6.33. The fraction of sp³-hybridized carbons (Fsp3) is 0.267. The van der Waals surface area contributed by atoms with Gasteiger partial charge in [0.1, 0.15) is 12.0 Å². The summed E-state index contributed by atoms with van der Waals surface area (Å²) in [5, 5.41) is 2.74. The van der Waals surface area contributed by atoms with Gasteiger partial charge in [0.2, 0.25) is 0 Å². The molecule has 0 spiro atoms. The van der Waals surface area contributed by atoms with E-state index in [0.29, 0.717) is 24.3 Å². The highest BCUT2D eigenvalue weighted by molar-refractivity contribution is 5.93. The van der Waals surface area contributed by atoms with Gasteiger partial charge in [0.05, 0.1) is 19.2 Å². The predicted molar refractivity (Wildman–Crippen MR) is 75.6 cm³/mol. The van der Waals surface area contributed by atoms with Gasteiger partial charge in [-0.15, -0.1) is 0 Å². The van der Waals surface area contributed by atoms with E-state index in [2.05, 4.69) is 5.32 Å². The van der Waals surface area contributed by atoms with E-state index >= 15 is 0 Å². The van der Waals surface area contributed by atoms with Crippen LogP contribution in [-0.4, -0.2) is 19.6 Å². The normalized spacial score (nSPS) is 10.4. The Labute approximate surface area is 121 Å². The number of carbonyl (C=O) groups excluding carboxylic acids is 1. The molecule has 0 unspecified atom stereocenters. The molecular formula is C15H17FN2O3. The number of ether oxygens (including phenoxy) is 1. The molecule has 0 atom stereocenters. The average molecular weight is 292 g/mol. The summed E-state index contributed by atoms with van der Waals surface area (Å²) in [5.41, 5.74) is 6.61. The monoisotopic (exact) mass is 292 g/mol. The first-order valence-electron chi connectivity index (χ1n) is 6.52. The minimum absolute atomic E-state index is 0.204. The summed E-state index contributed by atoms with van der Waals surface area (Å²) in [7, 11) is 1.42. The van der Waals surface area contributed by atoms with E-state index in [1.165, 1.54) is 19.4 Å². The van der Waals surface area contributed by atoms with Crippen molar-refractivity contribution in [3.8, 4) is 5.75 Å². The van der Waals surface area contributed by atoms with Crippen molar-refractivity contribution in [3.05, 3.63) is 53.2 Å². The average Bonchev–Trinajstić information content (AvgIpc) is 2.96. The van der Waals surface area contributed by atoms with Gasteiger partial charge in [-0.2, -0.15) is 0 Å². The molecule has 1 aromatic carbocycles. The zero-order valence-electron chi connectivity index (χ0n) is 11.7. The molecule has 2 rings (SSSR count). The molecule has 0 saturated carbocycles. The molecule has 0 aliphatic rings. The summed E-state index contributed by atoms with van der Waals surface area (Å²) in [6.07, 6.45) is 1.89. The molecule has 0 aliphatic carbocycles. The number of benzene rings is 1. The molecule has 1 heterocycles. The van der Waals surface area contributed by atoms with E-state index in [9.17, 15) is 9.18 Å². The number of nitrogens with two attached hydrogens (primary N) is 1. The summed E-state index contributed by atoms with van der Waals surface area (Å²) in [6.45, 7) is 0.645. The third-order valence-corrected chi connectivity index (χ3v) is 3.03. The summed E-state index contributed by atoms with van der Waals surface area (Å²) in [5.74, 6) is 0.101. The van der Waals surface area contributed by atoms with Gasteiger partial charge >= 0.3 is 0 Å². The molecule has 2 aromatic rings. The van der Waals surface area contributed by atoms with Crippen molar-refractivity contribution >= 4 is 5.91 Å². The van der Waals surface area contributed by atoms with Crippen LogP contribution in [0.5, 0.6) is 5.75 Å². The second-order valence-electron chi connectivity index (χ2n) is 4.48. The molecule has 0 aliphatic heterocycles. The maximum absolute atomic E-state index is 13.5. The Morgan fingerprint density at radius 1 is 1.43 bits per heavy atom. The second-order valence-corrected chi connectivity index (χ2v) is 4.48. The van der Waals surface area contributed by atoms with E-state index < -0.39 is 5.82 Å². The number of hydrogen-bond donors (Lipinski definition) is 2. The zero-order chi connectivity index (χ0) is 15.2. The van der Waals surface area contributed by atoms with Crippen LogP contribution < -0.4 is 15.8 Å². The Hall–Kier alpha value is -2.34. The highest BCUT2D eigenvalue weighted by Crippen LogP contribution is 2.17. The van der Waals surface area contributed by atoms with Crippen LogP contribution in [0.2, 0.25) is 0 Å². The van der Waals surface area contributed by atoms with Crippen LogP contribution in [-0.2, 0) is 13.0 Å². The van der Waals surface area contributed by atoms with Crippen molar-refractivity contribution in [2.75, 3.05) is 13.7 Å². The van der Waals surface area contributed by atoms with Crippen molar-refractivity contribution in [2.45, 2.75) is 13.0 Å². The SMILES string of the molecule is COc1ccc(CCNC(=O)c2coc(CN)c2)cc1F. The number of rotatable bonds is 6. The lowest BCUT2D eigenvalue weighted by molar-refractivity contribution is 0.0953. The maximum atomic E-state index is 13.5. The number of nitrogens with one attached hydrogen (secondary N) is 1. The molecular weight excluding hydrogens is 275 g/mol. The molecule has 0 fully saturated rings. The second kappa shape index (κ2) is 6.90. The van der Waals surface area contributed by atoms with Crippen LogP contribution in [0.3, 0.4) is 0 Å². The first kappa shape index (κ1) is 15.1. The van der Waals surface area contributed by atoms with Crippen LogP contribution in [0.25, 0.3) is 0 Å². The third kappa shape index (κ3) is 3.82. The molecule has 1 amide bonds. The number of carbonyl (C=O) groups is 1. The Morgan fingerprint density at radius 3 is 2.86 bits per heavy atom. The van der Waals surface area contributed by atoms with E-state index in [1.54, 1.807) is 18.2 Å². The topological polar surface area (TPSA) is 77.5 Å². The van der Waals surface area contributed by atoms with Crippen molar-refractivity contribution < 1.29 is 18.3 Å². The van der Waals surface area contributed by atoms with Crippen LogP contribution >= 0.6 is 0 Å². The van der Waals surface area contributed by atoms with E-state index in [0.717, 1.165) is 5.56 Å². The fourth-order valence-corrected chi connectivity index (χ4v) is 1.89. The molecule has 0 saturated heterocycles. The van der Waals surface area contributed by atoms with Crippen molar-refractivity contribution in [3.63, 3.8) is 0 Å². The lowest BCUT2D eigenvalue weighted by Crippen LogP contribution is -2.25. The highest BCUT2D eigenvalue weighted by Gasteiger charge is 2.09. The molecule has 6 heteroatoms. The van der Waals surface area contributed by atoms with Gasteiger partial charge in [-0.1, -0.05) is 6.07 Å². The minimum atomic E-state index is -0.413. The maximum Gasteiger partial charge on any atom is 0.254 e. The van der Waals surface area contributed by atoms with Crippen LogP contribution in [0.1, 0.15) is 21.7 Å². The standard InChI is InChI=1S/C15H17FN2O3/c1-20-14-3-2-10(6-13(14)16)4-5-18-15(19)11-7-12(8-17)21-9-11/h2-3,6-7,9H,4-5,8,17H2,1H3,(H,18,19). The van der Waals surface area contributed by atoms with Gasteiger partial charge < -0.3 is 20.2 Å². The molecule has 0 bridgehead atoms. The van der Waals surface area contributed by atoms with Crippen molar-refractivity contribution in [1.82, 2.24) is 5.32 Å². The molecule has 1 aromatic heterocycles. The number of furan rings is 1. The first-order valence-corrected chi connectivity index (χ1v) is 6.52. The Balaban J connectivity index is 1.86. The molecule has 112 valence electrons. The number of amides is 1. The molecule has 5 nitrogen and oxygen atoms in total. The largest absolute Gasteiger partial charge is 0.494 e. The van der Waals surface area contributed by atoms with Gasteiger partial charge in [0.15, 0.2) is 11.6 Å². The zero-order valence-corrected chi connectivity index (χ0v) is 11.7. The minimum Gasteiger partial charge on any atom is -0.494 e. The van der Waals surface area contributed by atoms with Gasteiger partial charge in [-0.3, -0.25) is 4.79 Å². The van der Waals surface area contributed by atoms with Crippen molar-refractivity contribution in [2.24, 2.45) is 5.73 Å². The van der Waals surface area contributed by atoms with Gasteiger partial charge in [0, 0.05) is 6.54 Å². The Morgan fingerprint density at radius 2 is 2.24 bits per heavy atom. The fourth-order valence-electron chi connectivity index (χ4n) is 1.89. The lowest BCUT2D eigenvalue weighted by Gasteiger charge is -2.06. The summed E-state index contributed by atoms with van der Waals surface area (Å²) < 4.78 is 23.4. The van der Waals surface area contributed by atoms with E-state index in [1.807, 2.05) is 0 Å². The van der Waals surface area contributed by atoms with Gasteiger partial charge in [0.25, 0.3) is 5.91 Å². The Kier molecular flexibility index (Phi) is 4.94. The van der Waals surface area contributed by atoms with Crippen LogP contribution in [0, 0.1) is 5.82 Å². The molecule has 21 heavy (non-hydrogen) atoms. The van der Waals surface area contributed by atoms with Gasteiger partial charge in [-0.05, 0) is 30.2 Å². The predicted octanol–water partition coefficient (Wildman–Crippen LogP) is 1.86. The quantitative estimate of drug-likeness (QED) is 0.852. The van der Waals surface area contributed by atoms with Gasteiger partial charge in [-0.25, -0.2) is 4.39 Å². The number of methoxy groups -OCH3 is 1. The Bertz CT molecular complexity index is 625. The van der Waals surface area contributed by atoms with Crippen molar-refractivity contribution in [1.29, 1.82) is 0 Å². The van der Waals surface area contributed by atoms with Crippen LogP contribution in [0.15, 0.2) is 34.9 Å². The molecule has 3 N–H and O–H groups in total. The van der Waals surface area contributed by atoms with E-state index in [-0.39, 0.29) is 18.2 Å². The lowest BCUT2D eigenvalue weighted by atomic mass is 10.1. The third-order valence-electron chi connectivity index (χ3n) is 3.03. The van der Waals surface area contributed by atoms with E-state index in [4.69, 9.17) is 14.9 Å². The summed E-state index contributed by atoms with van der Waals surface area (Å²) in [4.78, 5) is 11.8. The number of halogens is 1. The van der Waals surface area contributed by atoms with Crippen LogP contribution in [0.4, 0.5) is 4.39 Å². The molecule has 0 radical (unpaired) electrons. The highest BCUT2D eigenvalue weighted by atomic mass is 19.1. The number of hydrogen-bond acceptors (Lipinski definition) is 4.